The fourth-order valence-corrected chi connectivity index (χ4v) is 18.0. The molecule has 11 aromatic carbocycles. The number of H-pyrrole nitrogens is 3. The van der Waals surface area contributed by atoms with Crippen LogP contribution in [0, 0.1) is 41.5 Å². The minimum atomic E-state index is -4.25. The Bertz CT molecular complexity index is 6520. The van der Waals surface area contributed by atoms with E-state index >= 15 is 0 Å². The van der Waals surface area contributed by atoms with Crippen molar-refractivity contribution in [3.05, 3.63) is 320 Å². The molecule has 0 unspecified atom stereocenters. The number of ether oxygens (including phenoxy) is 5. The first-order valence-corrected chi connectivity index (χ1v) is 45.4. The lowest BCUT2D eigenvalue weighted by molar-refractivity contribution is 0.0967. The normalized spacial score (nSPS) is 11.5. The summed E-state index contributed by atoms with van der Waals surface area (Å²) in [6, 6.07) is 62.0. The molecule has 0 spiro atoms. The van der Waals surface area contributed by atoms with Gasteiger partial charge in [0.1, 0.15) is 51.6 Å². The zero-order chi connectivity index (χ0) is 86.6. The lowest BCUT2D eigenvalue weighted by Gasteiger charge is -2.11. The van der Waals surface area contributed by atoms with E-state index < -0.39 is 47.8 Å². The monoisotopic (exact) mass is 1870 g/mol. The predicted molar refractivity (Wildman–Crippen MR) is 484 cm³/mol. The van der Waals surface area contributed by atoms with Crippen LogP contribution in [-0.4, -0.2) is 84.9 Å². The highest BCUT2D eigenvalue weighted by molar-refractivity contribution is 9.10. The van der Waals surface area contributed by atoms with Crippen molar-refractivity contribution in [1.82, 2.24) is 29.1 Å². The van der Waals surface area contributed by atoms with E-state index in [1.54, 1.807) is 98.1 Å². The molecule has 20 nitrogen and oxygen atoms in total. The number of aryl methyl sites for hydroxylation is 9. The van der Waals surface area contributed by atoms with Gasteiger partial charge in [0, 0.05) is 73.4 Å². The number of carbonyl (C=O) groups is 3. The maximum Gasteiger partial charge on any atom is 0.281 e. The number of rotatable bonds is 28. The average molecular weight is 1870 g/mol. The molecule has 0 atom stereocenters. The van der Waals surface area contributed by atoms with Crippen LogP contribution in [0.2, 0.25) is 30.1 Å². The first-order valence-electron chi connectivity index (χ1n) is 37.8. The lowest BCUT2D eigenvalue weighted by Crippen LogP contribution is -2.31. The lowest BCUT2D eigenvalue weighted by atomic mass is 10.1. The molecule has 0 bridgehead atoms. The summed E-state index contributed by atoms with van der Waals surface area (Å²) in [6.07, 6.45) is 3.14. The second-order valence-electron chi connectivity index (χ2n) is 28.4. The maximum absolute atomic E-state index is 13.5. The molecule has 3 amide bonds. The number of sulfonamides is 3. The Morgan fingerprint density at radius 3 is 1.05 bits per heavy atom. The first kappa shape index (κ1) is 89.8. The number of hydrogen-bond acceptors (Lipinski definition) is 14. The standard InChI is InChI=1S/C33H30Cl2N2O6S.C32H28Cl2N2O4S.C26H23BrCl2N2O4S/c1-20-16-26(17-21(2)31(20)35)42-15-5-8-29-28-14-9-22(34)18-30(28)36-32(29)33(38)37-44(39,40)27-7-4-6-25(19-27)43-24-12-10-23(41-3)11-13-24;1-20-17-25(18-21(2)30(20)34)40-16-6-9-28-27-15-12-24(33)19-29(27)35-31(28)32(37)36-41(38,39)26-13-10-23(11-14-26)22-7-4-3-5-8-22;1-15-11-19(12-16(2)24(15)29)35-10-4-7-22-21-9-8-18(28)14-23(21)30-25(22)26(32)31-36(33,34)20-6-3-5-17(27)13-20/h4,6-7,9-14,16-19,36H,5,8,15H2,1-3H3,(H,37,38);3-5,7-8,10-15,17-19,35H,6,9,16H2,1-2H3,(H,36,37);3,5-6,8-9,11-14,30H,4,7,10H2,1-2H3,(H,31,32). The summed E-state index contributed by atoms with van der Waals surface area (Å²) < 4.78 is 115. The molecule has 14 aromatic rings. The van der Waals surface area contributed by atoms with Crippen LogP contribution >= 0.6 is 85.5 Å². The van der Waals surface area contributed by atoms with E-state index in [2.05, 4.69) is 45.0 Å². The number of carbonyl (C=O) groups excluding carboxylic acids is 3. The van der Waals surface area contributed by atoms with Crippen molar-refractivity contribution in [3.8, 4) is 45.6 Å². The van der Waals surface area contributed by atoms with Gasteiger partial charge in [-0.05, 0) is 281 Å². The van der Waals surface area contributed by atoms with E-state index in [0.29, 0.717) is 143 Å². The smallest absolute Gasteiger partial charge is 0.281 e. The highest BCUT2D eigenvalue weighted by Crippen LogP contribution is 2.36. The predicted octanol–water partition coefficient (Wildman–Crippen LogP) is 22.9. The second kappa shape index (κ2) is 39.6. The fourth-order valence-electron chi connectivity index (χ4n) is 13.6. The molecule has 6 N–H and O–H groups in total. The average Bonchev–Trinajstić information content (AvgIpc) is 1.66. The number of aromatic amines is 3. The number of amides is 3. The second-order valence-corrected chi connectivity index (χ2v) is 36.8. The molecule has 3 aromatic heterocycles. The molecule has 30 heteroatoms. The molecule has 3 heterocycles. The van der Waals surface area contributed by atoms with Gasteiger partial charge in [-0.1, -0.05) is 158 Å². The zero-order valence-electron chi connectivity index (χ0n) is 66.2. The topological polar surface area (TPSA) is 283 Å². The van der Waals surface area contributed by atoms with Crippen LogP contribution in [0.3, 0.4) is 0 Å². The minimum absolute atomic E-state index is 0.00631. The van der Waals surface area contributed by atoms with Gasteiger partial charge in [-0.15, -0.1) is 0 Å². The molecular weight excluding hydrogens is 1790 g/mol. The van der Waals surface area contributed by atoms with E-state index in [0.717, 1.165) is 72.2 Å². The summed E-state index contributed by atoms with van der Waals surface area (Å²) in [4.78, 5) is 49.0. The van der Waals surface area contributed by atoms with Gasteiger partial charge in [-0.2, -0.15) is 0 Å². The first-order chi connectivity index (χ1) is 57.7. The molecular formula is C91H81BrCl6N6O14S3. The summed E-state index contributed by atoms with van der Waals surface area (Å²) >= 11 is 40.6. The van der Waals surface area contributed by atoms with Crippen LogP contribution in [0.25, 0.3) is 43.8 Å². The van der Waals surface area contributed by atoms with E-state index in [1.807, 2.05) is 126 Å². The summed E-state index contributed by atoms with van der Waals surface area (Å²) in [5.74, 6) is 1.31. The quantitative estimate of drug-likeness (QED) is 0.0249. The summed E-state index contributed by atoms with van der Waals surface area (Å²) in [5, 5.41) is 5.98. The van der Waals surface area contributed by atoms with Gasteiger partial charge in [0.25, 0.3) is 47.8 Å². The molecule has 626 valence electrons. The Hall–Kier alpha value is -10.5. The van der Waals surface area contributed by atoms with Crippen LogP contribution in [0.4, 0.5) is 0 Å². The number of hydrogen-bond donors (Lipinski definition) is 6. The third kappa shape index (κ3) is 22.6. The van der Waals surface area contributed by atoms with Crippen LogP contribution in [-0.2, 0) is 49.3 Å². The van der Waals surface area contributed by atoms with Gasteiger partial charge in [-0.25, -0.2) is 39.4 Å². The van der Waals surface area contributed by atoms with E-state index in [1.165, 1.54) is 42.5 Å². The number of methoxy groups -OCH3 is 1. The Labute approximate surface area is 739 Å². The molecule has 0 aliphatic rings. The van der Waals surface area contributed by atoms with Gasteiger partial charge in [0.2, 0.25) is 0 Å². The molecule has 0 saturated heterocycles. The van der Waals surface area contributed by atoms with Crippen molar-refractivity contribution in [3.63, 3.8) is 0 Å². The van der Waals surface area contributed by atoms with Gasteiger partial charge in [-0.3, -0.25) is 14.4 Å². The third-order valence-electron chi connectivity index (χ3n) is 19.5. The molecule has 0 aliphatic carbocycles. The van der Waals surface area contributed by atoms with Crippen molar-refractivity contribution in [2.75, 3.05) is 26.9 Å². The number of nitrogens with one attached hydrogen (secondary N) is 6. The van der Waals surface area contributed by atoms with Crippen molar-refractivity contribution < 1.29 is 63.3 Å². The summed E-state index contributed by atoms with van der Waals surface area (Å²) in [7, 11) is -10.9. The SMILES string of the molecule is COc1ccc(Oc2cccc(S(=O)(=O)NC(=O)c3[nH]c4cc(Cl)ccc4c3CCCOc3cc(C)c(Cl)c(C)c3)c2)cc1.Cc1cc(OCCCc2c(C(=O)NS(=O)(=O)c3ccc(-c4ccccc4)cc3)[nH]c3cc(Cl)ccc23)cc(C)c1Cl.Cc1cc(OCCCc2c(C(=O)NS(=O)(=O)c3cccc(Br)c3)[nH]c3cc(Cl)ccc23)cc(C)c1Cl. The minimum Gasteiger partial charge on any atom is -0.497 e. The third-order valence-corrected chi connectivity index (χ3v) is 26.5. The van der Waals surface area contributed by atoms with Crippen LogP contribution in [0.15, 0.2) is 238 Å². The Morgan fingerprint density at radius 1 is 0.347 bits per heavy atom. The van der Waals surface area contributed by atoms with E-state index in [4.69, 9.17) is 93.3 Å². The number of halogens is 7. The molecule has 0 aliphatic heterocycles. The fraction of sp³-hybridized carbons (Fsp3) is 0.176. The van der Waals surface area contributed by atoms with Gasteiger partial charge in [0.15, 0.2) is 0 Å². The zero-order valence-corrected chi connectivity index (χ0v) is 74.8. The molecule has 0 fully saturated rings. The molecule has 14 rings (SSSR count). The van der Waals surface area contributed by atoms with Crippen molar-refractivity contribution >= 4 is 166 Å². The molecule has 0 saturated carbocycles. The number of aromatic nitrogens is 3. The maximum atomic E-state index is 13.5. The van der Waals surface area contributed by atoms with Crippen LogP contribution in [0.5, 0.6) is 34.5 Å². The van der Waals surface area contributed by atoms with Gasteiger partial charge in [0.05, 0.1) is 41.6 Å². The Kier molecular flexibility index (Phi) is 29.4. The summed E-state index contributed by atoms with van der Waals surface area (Å²) in [6.45, 7) is 12.7. The van der Waals surface area contributed by atoms with Gasteiger partial charge < -0.3 is 38.6 Å². The Morgan fingerprint density at radius 2 is 0.686 bits per heavy atom. The Balaban J connectivity index is 0.000000167. The summed E-state index contributed by atoms with van der Waals surface area (Å²) in [5.41, 5.74) is 11.9. The molecule has 0 radical (unpaired) electrons. The van der Waals surface area contributed by atoms with E-state index in [9.17, 15) is 39.6 Å². The van der Waals surface area contributed by atoms with Crippen LogP contribution < -0.4 is 37.9 Å². The van der Waals surface area contributed by atoms with Crippen molar-refractivity contribution in [1.29, 1.82) is 0 Å². The van der Waals surface area contributed by atoms with Gasteiger partial charge >= 0.3 is 0 Å². The number of benzene rings is 11. The highest BCUT2D eigenvalue weighted by Gasteiger charge is 2.29. The largest absolute Gasteiger partial charge is 0.497 e. The van der Waals surface area contributed by atoms with E-state index in [-0.39, 0.29) is 37.5 Å². The number of fused-ring (bicyclic) bond motifs is 3. The van der Waals surface area contributed by atoms with Crippen molar-refractivity contribution in [2.45, 2.75) is 94.8 Å². The molecule has 121 heavy (non-hydrogen) atoms. The van der Waals surface area contributed by atoms with Crippen molar-refractivity contribution in [2.24, 2.45) is 0 Å². The van der Waals surface area contributed by atoms with Crippen LogP contribution in [0.1, 0.15) is 101 Å². The highest BCUT2D eigenvalue weighted by atomic mass is 79.9.